The molecule has 3 aromatic carbocycles. The molecule has 0 heterocycles. The number of para-hydroxylation sites is 1. The number of anilines is 2. The molecule has 10 heteroatoms. The third kappa shape index (κ3) is 5.41. The third-order valence-electron chi connectivity index (χ3n) is 4.39. The number of nitro groups is 1. The summed E-state index contributed by atoms with van der Waals surface area (Å²) in [5.41, 5.74) is 0.302. The lowest BCUT2D eigenvalue weighted by molar-refractivity contribution is -0.384. The number of non-ortho nitro benzene ring substituents is 1. The van der Waals surface area contributed by atoms with Gasteiger partial charge in [-0.25, -0.2) is 8.42 Å². The van der Waals surface area contributed by atoms with Crippen LogP contribution in [0.25, 0.3) is 0 Å². The highest BCUT2D eigenvalue weighted by molar-refractivity contribution is 7.92. The highest BCUT2D eigenvalue weighted by Gasteiger charge is 2.27. The number of sulfonamides is 1. The Morgan fingerprint density at radius 2 is 1.72 bits per heavy atom. The van der Waals surface area contributed by atoms with Crippen molar-refractivity contribution in [3.8, 4) is 5.75 Å². The summed E-state index contributed by atoms with van der Waals surface area (Å²) in [6, 6.07) is 19.5. The predicted octanol–water partition coefficient (Wildman–Crippen LogP) is 3.83. The molecule has 0 radical (unpaired) electrons. The maximum Gasteiger partial charge on any atom is 0.271 e. The Morgan fingerprint density at radius 3 is 2.34 bits per heavy atom. The lowest BCUT2D eigenvalue weighted by atomic mass is 10.3. The predicted molar refractivity (Wildman–Crippen MR) is 120 cm³/mol. The number of carbonyl (C=O) groups excluding carboxylic acids is 1. The molecule has 0 aliphatic heterocycles. The molecular weight excluding hydrogens is 434 g/mol. The van der Waals surface area contributed by atoms with Crippen LogP contribution in [0.1, 0.15) is 6.92 Å². The van der Waals surface area contributed by atoms with Crippen LogP contribution < -0.4 is 14.4 Å². The van der Waals surface area contributed by atoms with E-state index in [1.54, 1.807) is 42.5 Å². The lowest BCUT2D eigenvalue weighted by Gasteiger charge is -2.24. The lowest BCUT2D eigenvalue weighted by Crippen LogP contribution is -2.38. The number of nitrogens with one attached hydrogen (secondary N) is 1. The van der Waals surface area contributed by atoms with Crippen LogP contribution in [0.5, 0.6) is 5.75 Å². The highest BCUT2D eigenvalue weighted by atomic mass is 32.2. The molecular formula is C22H21N3O6S. The van der Waals surface area contributed by atoms with Crippen molar-refractivity contribution >= 4 is 33.0 Å². The minimum absolute atomic E-state index is 0.00652. The molecule has 0 fully saturated rings. The van der Waals surface area contributed by atoms with E-state index in [1.165, 1.54) is 36.4 Å². The summed E-state index contributed by atoms with van der Waals surface area (Å²) >= 11 is 0. The third-order valence-corrected chi connectivity index (χ3v) is 6.18. The van der Waals surface area contributed by atoms with Crippen LogP contribution in [0, 0.1) is 10.1 Å². The molecule has 0 saturated carbocycles. The van der Waals surface area contributed by atoms with Gasteiger partial charge >= 0.3 is 0 Å². The molecule has 0 aliphatic carbocycles. The van der Waals surface area contributed by atoms with Gasteiger partial charge in [0.2, 0.25) is 5.91 Å². The molecule has 1 amide bonds. The number of rotatable bonds is 9. The van der Waals surface area contributed by atoms with Gasteiger partial charge in [0.05, 0.1) is 22.1 Å². The van der Waals surface area contributed by atoms with E-state index in [0.29, 0.717) is 18.0 Å². The summed E-state index contributed by atoms with van der Waals surface area (Å²) in [6.07, 6.45) is 0. The second-order valence-corrected chi connectivity index (χ2v) is 8.47. The molecule has 0 atom stereocenters. The van der Waals surface area contributed by atoms with Crippen molar-refractivity contribution in [1.29, 1.82) is 0 Å². The van der Waals surface area contributed by atoms with Gasteiger partial charge < -0.3 is 10.1 Å². The molecule has 0 aromatic heterocycles. The second kappa shape index (κ2) is 9.92. The molecule has 32 heavy (non-hydrogen) atoms. The largest absolute Gasteiger partial charge is 0.494 e. The van der Waals surface area contributed by atoms with Gasteiger partial charge in [0.1, 0.15) is 12.3 Å². The van der Waals surface area contributed by atoms with Gasteiger partial charge in [-0.15, -0.1) is 0 Å². The van der Waals surface area contributed by atoms with E-state index in [0.717, 1.165) is 4.31 Å². The summed E-state index contributed by atoms with van der Waals surface area (Å²) in [7, 11) is -4.09. The molecule has 0 spiro atoms. The smallest absolute Gasteiger partial charge is 0.271 e. The first kappa shape index (κ1) is 22.8. The average molecular weight is 455 g/mol. The quantitative estimate of drug-likeness (QED) is 0.387. The van der Waals surface area contributed by atoms with Crippen LogP contribution in [0.4, 0.5) is 17.1 Å². The Labute approximate surface area is 185 Å². The first-order valence-electron chi connectivity index (χ1n) is 9.66. The van der Waals surface area contributed by atoms with Gasteiger partial charge in [-0.2, -0.15) is 0 Å². The fraction of sp³-hybridized carbons (Fsp3) is 0.136. The van der Waals surface area contributed by atoms with Crippen LogP contribution in [0.15, 0.2) is 83.8 Å². The van der Waals surface area contributed by atoms with Gasteiger partial charge in [0, 0.05) is 17.8 Å². The molecule has 3 aromatic rings. The number of amides is 1. The fourth-order valence-electron chi connectivity index (χ4n) is 2.94. The minimum atomic E-state index is -4.09. The van der Waals surface area contributed by atoms with Gasteiger partial charge in [-0.05, 0) is 49.4 Å². The molecule has 166 valence electrons. The van der Waals surface area contributed by atoms with Crippen molar-refractivity contribution in [3.05, 3.63) is 89.0 Å². The van der Waals surface area contributed by atoms with Crippen molar-refractivity contribution in [3.63, 3.8) is 0 Å². The monoisotopic (exact) mass is 455 g/mol. The number of nitrogens with zero attached hydrogens (tertiary/aromatic N) is 2. The number of nitro benzene ring substituents is 1. The Kier molecular flexibility index (Phi) is 7.06. The maximum atomic E-state index is 13.3. The Bertz CT molecular complexity index is 1200. The van der Waals surface area contributed by atoms with Gasteiger partial charge in [-0.3, -0.25) is 19.2 Å². The van der Waals surface area contributed by atoms with E-state index >= 15 is 0 Å². The summed E-state index contributed by atoms with van der Waals surface area (Å²) in [4.78, 5) is 23.1. The van der Waals surface area contributed by atoms with Gasteiger partial charge in [-0.1, -0.05) is 24.3 Å². The first-order valence-corrected chi connectivity index (χ1v) is 11.1. The maximum absolute atomic E-state index is 13.3. The van der Waals surface area contributed by atoms with Gasteiger partial charge in [0.25, 0.3) is 15.7 Å². The second-order valence-electron chi connectivity index (χ2n) is 6.61. The SMILES string of the molecule is CCOc1ccc(S(=O)(=O)N(CC(=O)Nc2cccc([N+](=O)[O-])c2)c2ccccc2)cc1. The summed E-state index contributed by atoms with van der Waals surface area (Å²) in [5.74, 6) is -0.120. The van der Waals surface area contributed by atoms with Crippen LogP contribution in [0.2, 0.25) is 0 Å². The van der Waals surface area contributed by atoms with Crippen molar-refractivity contribution in [1.82, 2.24) is 0 Å². The van der Waals surface area contributed by atoms with Gasteiger partial charge in [0.15, 0.2) is 0 Å². The summed E-state index contributed by atoms with van der Waals surface area (Å²) < 4.78 is 33.0. The standard InChI is InChI=1S/C22H21N3O6S/c1-2-31-20-11-13-21(14-12-20)32(29,30)24(18-8-4-3-5-9-18)16-22(26)23-17-7-6-10-19(15-17)25(27)28/h3-15H,2,16H2,1H3,(H,23,26). The number of ether oxygens (including phenoxy) is 1. The van der Waals surface area contributed by atoms with Crippen molar-refractivity contribution in [2.75, 3.05) is 22.8 Å². The zero-order chi connectivity index (χ0) is 23.1. The summed E-state index contributed by atoms with van der Waals surface area (Å²) in [6.45, 7) is 1.74. The average Bonchev–Trinajstić information content (AvgIpc) is 2.79. The van der Waals surface area contributed by atoms with E-state index < -0.39 is 27.4 Å². The molecule has 9 nitrogen and oxygen atoms in total. The number of carbonyl (C=O) groups is 1. The van der Waals surface area contributed by atoms with Crippen molar-refractivity contribution in [2.24, 2.45) is 0 Å². The number of hydrogen-bond donors (Lipinski definition) is 1. The van der Waals surface area contributed by atoms with Crippen molar-refractivity contribution in [2.45, 2.75) is 11.8 Å². The van der Waals surface area contributed by atoms with Crippen molar-refractivity contribution < 1.29 is 22.9 Å². The zero-order valence-electron chi connectivity index (χ0n) is 17.2. The van der Waals surface area contributed by atoms with E-state index in [9.17, 15) is 23.3 Å². The minimum Gasteiger partial charge on any atom is -0.494 e. The molecule has 0 saturated heterocycles. The van der Waals surface area contributed by atoms with Crippen LogP contribution in [0.3, 0.4) is 0 Å². The Balaban J connectivity index is 1.88. The van der Waals surface area contributed by atoms with Crippen LogP contribution >= 0.6 is 0 Å². The molecule has 1 N–H and O–H groups in total. The summed E-state index contributed by atoms with van der Waals surface area (Å²) in [5, 5.41) is 13.5. The fourth-order valence-corrected chi connectivity index (χ4v) is 4.36. The number of hydrogen-bond acceptors (Lipinski definition) is 6. The first-order chi connectivity index (χ1) is 15.3. The van der Waals surface area contributed by atoms with E-state index in [1.807, 2.05) is 6.92 Å². The molecule has 0 bridgehead atoms. The Morgan fingerprint density at radius 1 is 1.03 bits per heavy atom. The Hall–Kier alpha value is -3.92. The highest BCUT2D eigenvalue weighted by Crippen LogP contribution is 2.25. The van der Waals surface area contributed by atoms with Crippen LogP contribution in [-0.4, -0.2) is 32.4 Å². The van der Waals surface area contributed by atoms with E-state index in [-0.39, 0.29) is 16.3 Å². The van der Waals surface area contributed by atoms with Crippen LogP contribution in [-0.2, 0) is 14.8 Å². The molecule has 0 unspecified atom stereocenters. The van der Waals surface area contributed by atoms with E-state index in [2.05, 4.69) is 5.32 Å². The molecule has 3 rings (SSSR count). The normalized spacial score (nSPS) is 10.9. The zero-order valence-corrected chi connectivity index (χ0v) is 18.0. The number of benzene rings is 3. The van der Waals surface area contributed by atoms with E-state index in [4.69, 9.17) is 4.74 Å². The molecule has 0 aliphatic rings. The topological polar surface area (TPSA) is 119 Å².